The van der Waals surface area contributed by atoms with Gasteiger partial charge in [0.15, 0.2) is 0 Å². The summed E-state index contributed by atoms with van der Waals surface area (Å²) in [5, 5.41) is 17.8. The summed E-state index contributed by atoms with van der Waals surface area (Å²) in [5.74, 6) is -2.17. The van der Waals surface area contributed by atoms with Crippen LogP contribution in [0.3, 0.4) is 0 Å². The van der Waals surface area contributed by atoms with Crippen molar-refractivity contribution in [2.75, 3.05) is 0 Å². The van der Waals surface area contributed by atoms with Gasteiger partial charge >= 0.3 is 45.0 Å². The van der Waals surface area contributed by atoms with Crippen molar-refractivity contribution < 1.29 is 64.8 Å². The van der Waals surface area contributed by atoms with Crippen LogP contribution >= 0.6 is 0 Å². The van der Waals surface area contributed by atoms with Crippen LogP contribution in [0.15, 0.2) is 0 Å². The van der Waals surface area contributed by atoms with E-state index in [0.29, 0.717) is 0 Å². The number of carbonyl (C=O) groups excluding carboxylic acids is 2. The first-order valence-electron chi connectivity index (χ1n) is 1.82. The zero-order valence-electron chi connectivity index (χ0n) is 5.34. The Labute approximate surface area is 89.7 Å². The van der Waals surface area contributed by atoms with Crippen LogP contribution in [-0.4, -0.2) is 11.9 Å². The van der Waals surface area contributed by atoms with Crippen molar-refractivity contribution >= 4 is 11.9 Å². The molecular formula is C4H6O4Ra. The molecule has 0 saturated carbocycles. The van der Waals surface area contributed by atoms with E-state index >= 15 is 0 Å². The summed E-state index contributed by atoms with van der Waals surface area (Å²) in [5.41, 5.74) is 0. The van der Waals surface area contributed by atoms with E-state index in [2.05, 4.69) is 0 Å². The average Bonchev–Trinajstić information content (AvgIpc) is 1.25. The van der Waals surface area contributed by atoms with Gasteiger partial charge in [-0.2, -0.15) is 0 Å². The first-order chi connectivity index (χ1) is 3.46. The molecule has 0 aliphatic rings. The molecule has 0 saturated heterocycles. The third-order valence-corrected chi connectivity index (χ3v) is 0. The number of carboxylic acid groups (broad SMARTS) is 2. The summed E-state index contributed by atoms with van der Waals surface area (Å²) < 4.78 is 0. The van der Waals surface area contributed by atoms with E-state index in [1.165, 1.54) is 0 Å². The Bertz CT molecular complexity index is 70.6. The van der Waals surface area contributed by atoms with Crippen molar-refractivity contribution in [1.82, 2.24) is 0 Å². The number of hydrogen-bond acceptors (Lipinski definition) is 4. The van der Waals surface area contributed by atoms with Gasteiger partial charge in [-0.05, 0) is 13.8 Å². The number of aliphatic carboxylic acids is 2. The second-order valence-electron chi connectivity index (χ2n) is 0.983. The van der Waals surface area contributed by atoms with E-state index in [-0.39, 0.29) is 45.0 Å². The first-order valence-corrected chi connectivity index (χ1v) is 1.82. The normalized spacial score (nSPS) is 5.56. The van der Waals surface area contributed by atoms with Crippen LogP contribution in [0.4, 0.5) is 0 Å². The first kappa shape index (κ1) is 16.2. The summed E-state index contributed by atoms with van der Waals surface area (Å²) >= 11 is 0. The van der Waals surface area contributed by atoms with Crippen molar-refractivity contribution in [2.45, 2.75) is 13.8 Å². The standard InChI is InChI=1S/2C2H4O2.Ra/c2*1-2(3)4;/h2*1H3,(H,3,4);/q;;+2/p-2. The summed E-state index contributed by atoms with van der Waals surface area (Å²) in [7, 11) is 0. The monoisotopic (exact) mass is 344 g/mol. The fourth-order valence-electron chi connectivity index (χ4n) is 0. The zero-order valence-corrected chi connectivity index (χ0v) is 11.2. The Morgan fingerprint density at radius 3 is 1.00 bits per heavy atom. The minimum atomic E-state index is -1.08. The molecule has 0 aromatic heterocycles. The predicted octanol–water partition coefficient (Wildman–Crippen LogP) is -2.49. The average molecular weight is 344 g/mol. The molecule has 0 heterocycles. The van der Waals surface area contributed by atoms with Gasteiger partial charge in [0.1, 0.15) is 0 Å². The van der Waals surface area contributed by atoms with Crippen molar-refractivity contribution in [2.24, 2.45) is 0 Å². The van der Waals surface area contributed by atoms with Crippen molar-refractivity contribution in [3.8, 4) is 0 Å². The van der Waals surface area contributed by atoms with Gasteiger partial charge in [0.25, 0.3) is 0 Å². The smallest absolute Gasteiger partial charge is 0.550 e. The van der Waals surface area contributed by atoms with Crippen molar-refractivity contribution in [3.05, 3.63) is 0 Å². The minimum Gasteiger partial charge on any atom is -0.550 e. The van der Waals surface area contributed by atoms with Gasteiger partial charge in [-0.1, -0.05) is 0 Å². The van der Waals surface area contributed by atoms with Gasteiger partial charge in [-0.3, -0.25) is 0 Å². The topological polar surface area (TPSA) is 80.3 Å². The maximum absolute atomic E-state index is 8.89. The molecule has 5 heteroatoms. The molecule has 0 unspecified atom stereocenters. The van der Waals surface area contributed by atoms with Gasteiger partial charge in [-0.25, -0.2) is 0 Å². The molecule has 9 heavy (non-hydrogen) atoms. The minimum absolute atomic E-state index is 0. The van der Waals surface area contributed by atoms with E-state index in [1.54, 1.807) is 0 Å². The second kappa shape index (κ2) is 11.2. The number of rotatable bonds is 0. The molecule has 0 N–H and O–H groups in total. The molecule has 48 valence electrons. The largest absolute Gasteiger partial charge is 2.00 e. The maximum atomic E-state index is 8.89. The van der Waals surface area contributed by atoms with Crippen LogP contribution in [-0.2, 0) is 9.59 Å². The second-order valence-corrected chi connectivity index (χ2v) is 0.983. The molecule has 0 aromatic rings. The van der Waals surface area contributed by atoms with E-state index < -0.39 is 11.9 Å². The Morgan fingerprint density at radius 1 is 1.00 bits per heavy atom. The fourth-order valence-corrected chi connectivity index (χ4v) is 0. The number of hydrogen-bond donors (Lipinski definition) is 0. The van der Waals surface area contributed by atoms with E-state index in [1.807, 2.05) is 0 Å². The van der Waals surface area contributed by atoms with Crippen LogP contribution in [0.5, 0.6) is 0 Å². The third kappa shape index (κ3) is 2080. The van der Waals surface area contributed by atoms with Gasteiger partial charge in [0, 0.05) is 11.9 Å². The summed E-state index contributed by atoms with van der Waals surface area (Å²) in [6.07, 6.45) is 0. The SMILES string of the molecule is CC(=O)[O-].CC(=O)[O-].[Ra+2]. The maximum Gasteiger partial charge on any atom is 2.00 e. The van der Waals surface area contributed by atoms with Crippen molar-refractivity contribution in [1.29, 1.82) is 0 Å². The zero-order chi connectivity index (χ0) is 7.15. The molecule has 0 fully saturated rings. The molecule has 4 nitrogen and oxygen atoms in total. The summed E-state index contributed by atoms with van der Waals surface area (Å²) in [6, 6.07) is 0. The molecule has 0 spiro atoms. The van der Waals surface area contributed by atoms with Crippen LogP contribution in [0.1, 0.15) is 13.8 Å². The number of carbonyl (C=O) groups is 2. The van der Waals surface area contributed by atoms with E-state index in [0.717, 1.165) is 13.8 Å². The molecule has 0 amide bonds. The number of carboxylic acids is 2. The quantitative estimate of drug-likeness (QED) is 0.487. The predicted molar refractivity (Wildman–Crippen MR) is 21.4 cm³/mol. The van der Waals surface area contributed by atoms with Crippen LogP contribution in [0, 0.1) is 45.0 Å². The molecule has 0 aliphatic carbocycles. The Hall–Kier alpha value is 0.408. The Morgan fingerprint density at radius 2 is 1.00 bits per heavy atom. The fraction of sp³-hybridized carbons (Fsp3) is 0.500. The molecule has 0 rings (SSSR count). The molecule has 0 aliphatic heterocycles. The summed E-state index contributed by atoms with van der Waals surface area (Å²) in [6.45, 7) is 1.94. The van der Waals surface area contributed by atoms with Crippen LogP contribution in [0.25, 0.3) is 0 Å². The van der Waals surface area contributed by atoms with Gasteiger partial charge in [0.2, 0.25) is 0 Å². The Balaban J connectivity index is -0.0000000720. The third-order valence-electron chi connectivity index (χ3n) is 0. The molecule has 0 radical (unpaired) electrons. The molecule has 0 atom stereocenters. The van der Waals surface area contributed by atoms with Gasteiger partial charge in [0.05, 0.1) is 0 Å². The Kier molecular flexibility index (Phi) is 20.2. The van der Waals surface area contributed by atoms with Gasteiger partial charge < -0.3 is 19.8 Å². The molecule has 0 aromatic carbocycles. The summed E-state index contributed by atoms with van der Waals surface area (Å²) in [4.78, 5) is 17.8. The van der Waals surface area contributed by atoms with Crippen LogP contribution in [0.2, 0.25) is 0 Å². The van der Waals surface area contributed by atoms with Crippen LogP contribution < -0.4 is 10.2 Å². The van der Waals surface area contributed by atoms with E-state index in [9.17, 15) is 0 Å². The van der Waals surface area contributed by atoms with E-state index in [4.69, 9.17) is 19.8 Å². The molecule has 0 bridgehead atoms. The molecular weight excluding hydrogens is 338 g/mol. The van der Waals surface area contributed by atoms with Gasteiger partial charge in [-0.15, -0.1) is 0 Å². The van der Waals surface area contributed by atoms with Crippen molar-refractivity contribution in [3.63, 3.8) is 0 Å².